The summed E-state index contributed by atoms with van der Waals surface area (Å²) in [5.41, 5.74) is 0.240. The Morgan fingerprint density at radius 2 is 2.24 bits per heavy atom. The average Bonchev–Trinajstić information content (AvgIpc) is 2.47. The van der Waals surface area contributed by atoms with Crippen LogP contribution in [-0.4, -0.2) is 40.8 Å². The zero-order valence-electron chi connectivity index (χ0n) is 11.6. The summed E-state index contributed by atoms with van der Waals surface area (Å²) in [6.45, 7) is 1.50. The van der Waals surface area contributed by atoms with Crippen LogP contribution in [0, 0.1) is 16.0 Å². The number of anilines is 1. The molecule has 1 aromatic rings. The summed E-state index contributed by atoms with van der Waals surface area (Å²) in [4.78, 5) is 23.5. The molecule has 1 unspecified atom stereocenters. The van der Waals surface area contributed by atoms with E-state index in [-0.39, 0.29) is 17.9 Å². The molecule has 114 valence electrons. The van der Waals surface area contributed by atoms with Gasteiger partial charge >= 0.3 is 5.97 Å². The number of hydrogen-bond acceptors (Lipinski definition) is 5. The highest BCUT2D eigenvalue weighted by molar-refractivity contribution is 5.95. The number of carboxylic acids is 1. The standard InChI is InChI=1S/C14H18N2O5/c17-7-5-10-2-1-6-15(9-10)13-4-3-11(16(20)21)8-12(13)14(18)19/h3-4,8,10,17H,1-2,5-7,9H2,(H,18,19). The predicted octanol–water partition coefficient (Wildman–Crippen LogP) is 1.89. The zero-order chi connectivity index (χ0) is 15.4. The molecule has 1 aromatic carbocycles. The van der Waals surface area contributed by atoms with Gasteiger partial charge in [-0.3, -0.25) is 10.1 Å². The Labute approximate surface area is 122 Å². The fourth-order valence-electron chi connectivity index (χ4n) is 2.79. The number of carboxylic acid groups (broad SMARTS) is 1. The molecule has 1 fully saturated rings. The SMILES string of the molecule is O=C(O)c1cc([N+](=O)[O-])ccc1N1CCCC(CCO)C1. The van der Waals surface area contributed by atoms with E-state index in [9.17, 15) is 20.0 Å². The second-order valence-corrected chi connectivity index (χ2v) is 5.23. The molecular weight excluding hydrogens is 276 g/mol. The van der Waals surface area contributed by atoms with E-state index in [1.54, 1.807) is 0 Å². The third kappa shape index (κ3) is 3.49. The molecule has 1 aliphatic heterocycles. The van der Waals surface area contributed by atoms with Crippen molar-refractivity contribution < 1.29 is 19.9 Å². The fourth-order valence-corrected chi connectivity index (χ4v) is 2.79. The first-order valence-electron chi connectivity index (χ1n) is 6.90. The normalized spacial score (nSPS) is 18.5. The van der Waals surface area contributed by atoms with E-state index in [1.807, 2.05) is 4.90 Å². The number of benzene rings is 1. The quantitative estimate of drug-likeness (QED) is 0.635. The molecule has 1 atom stereocenters. The van der Waals surface area contributed by atoms with Gasteiger partial charge in [-0.1, -0.05) is 0 Å². The first-order chi connectivity index (χ1) is 10.0. The summed E-state index contributed by atoms with van der Waals surface area (Å²) in [6, 6.07) is 3.94. The molecule has 0 spiro atoms. The van der Waals surface area contributed by atoms with Gasteiger partial charge in [0, 0.05) is 31.8 Å². The van der Waals surface area contributed by atoms with Crippen LogP contribution in [0.25, 0.3) is 0 Å². The molecule has 0 bridgehead atoms. The number of non-ortho nitro benzene ring substituents is 1. The minimum Gasteiger partial charge on any atom is -0.478 e. The summed E-state index contributed by atoms with van der Waals surface area (Å²) in [6.07, 6.45) is 2.61. The number of rotatable bonds is 5. The Bertz CT molecular complexity index is 544. The van der Waals surface area contributed by atoms with Crippen LogP contribution in [-0.2, 0) is 0 Å². The van der Waals surface area contributed by atoms with Crippen LogP contribution >= 0.6 is 0 Å². The van der Waals surface area contributed by atoms with Crippen LogP contribution in [0.4, 0.5) is 11.4 Å². The molecule has 1 aliphatic rings. The summed E-state index contributed by atoms with van der Waals surface area (Å²) in [7, 11) is 0. The second-order valence-electron chi connectivity index (χ2n) is 5.23. The van der Waals surface area contributed by atoms with E-state index in [4.69, 9.17) is 5.11 Å². The number of nitro benzene ring substituents is 1. The molecule has 7 heteroatoms. The van der Waals surface area contributed by atoms with Gasteiger partial charge in [-0.2, -0.15) is 0 Å². The van der Waals surface area contributed by atoms with Crippen LogP contribution < -0.4 is 4.90 Å². The minimum absolute atomic E-state index is 0.0474. The van der Waals surface area contributed by atoms with E-state index in [1.165, 1.54) is 12.1 Å². The van der Waals surface area contributed by atoms with E-state index in [0.29, 0.717) is 24.6 Å². The summed E-state index contributed by atoms with van der Waals surface area (Å²) in [5.74, 6) is -0.849. The molecule has 1 saturated heterocycles. The van der Waals surface area contributed by atoms with Gasteiger partial charge in [0.25, 0.3) is 5.69 Å². The number of nitro groups is 1. The van der Waals surface area contributed by atoms with Gasteiger partial charge in [0.15, 0.2) is 0 Å². The van der Waals surface area contributed by atoms with Gasteiger partial charge in [0.1, 0.15) is 0 Å². The maximum Gasteiger partial charge on any atom is 0.338 e. The molecule has 0 aliphatic carbocycles. The van der Waals surface area contributed by atoms with Crippen molar-refractivity contribution in [2.75, 3.05) is 24.6 Å². The lowest BCUT2D eigenvalue weighted by atomic mass is 9.94. The molecule has 0 amide bonds. The monoisotopic (exact) mass is 294 g/mol. The number of hydrogen-bond donors (Lipinski definition) is 2. The topological polar surface area (TPSA) is 104 Å². The maximum absolute atomic E-state index is 11.4. The van der Waals surface area contributed by atoms with Crippen LogP contribution in [0.2, 0.25) is 0 Å². The van der Waals surface area contributed by atoms with Crippen molar-refractivity contribution in [3.63, 3.8) is 0 Å². The van der Waals surface area contributed by atoms with Crippen LogP contribution in [0.15, 0.2) is 18.2 Å². The predicted molar refractivity (Wildman–Crippen MR) is 76.7 cm³/mol. The van der Waals surface area contributed by atoms with Crippen LogP contribution in [0.5, 0.6) is 0 Å². The molecule has 2 rings (SSSR count). The van der Waals surface area contributed by atoms with E-state index in [2.05, 4.69) is 0 Å². The minimum atomic E-state index is -1.17. The molecule has 21 heavy (non-hydrogen) atoms. The highest BCUT2D eigenvalue weighted by Gasteiger charge is 2.24. The van der Waals surface area contributed by atoms with Gasteiger partial charge in [-0.25, -0.2) is 4.79 Å². The van der Waals surface area contributed by atoms with Crippen molar-refractivity contribution in [1.29, 1.82) is 0 Å². The number of aromatic carboxylic acids is 1. The molecule has 7 nitrogen and oxygen atoms in total. The summed E-state index contributed by atoms with van der Waals surface area (Å²) >= 11 is 0. The van der Waals surface area contributed by atoms with Crippen molar-refractivity contribution in [1.82, 2.24) is 0 Å². The van der Waals surface area contributed by atoms with Gasteiger partial charge in [-0.05, 0) is 31.2 Å². The van der Waals surface area contributed by atoms with Crippen LogP contribution in [0.3, 0.4) is 0 Å². The van der Waals surface area contributed by atoms with Crippen molar-refractivity contribution in [3.05, 3.63) is 33.9 Å². The van der Waals surface area contributed by atoms with Crippen molar-refractivity contribution in [2.24, 2.45) is 5.92 Å². The largest absolute Gasteiger partial charge is 0.478 e. The van der Waals surface area contributed by atoms with Gasteiger partial charge < -0.3 is 15.1 Å². The average molecular weight is 294 g/mol. The highest BCUT2D eigenvalue weighted by atomic mass is 16.6. The van der Waals surface area contributed by atoms with Crippen molar-refractivity contribution in [2.45, 2.75) is 19.3 Å². The Kier molecular flexibility index (Phi) is 4.74. The lowest BCUT2D eigenvalue weighted by molar-refractivity contribution is -0.384. The van der Waals surface area contributed by atoms with Crippen molar-refractivity contribution in [3.8, 4) is 0 Å². The number of aliphatic hydroxyl groups excluding tert-OH is 1. The number of aliphatic hydroxyl groups is 1. The van der Waals surface area contributed by atoms with Crippen molar-refractivity contribution >= 4 is 17.3 Å². The Balaban J connectivity index is 2.29. The smallest absolute Gasteiger partial charge is 0.338 e. The lowest BCUT2D eigenvalue weighted by Gasteiger charge is -2.34. The Morgan fingerprint density at radius 3 is 2.86 bits per heavy atom. The molecular formula is C14H18N2O5. The molecule has 1 heterocycles. The molecule has 2 N–H and O–H groups in total. The first-order valence-corrected chi connectivity index (χ1v) is 6.90. The molecule has 0 aromatic heterocycles. The third-order valence-corrected chi connectivity index (χ3v) is 3.82. The molecule has 0 radical (unpaired) electrons. The van der Waals surface area contributed by atoms with Crippen LogP contribution in [0.1, 0.15) is 29.6 Å². The van der Waals surface area contributed by atoms with E-state index < -0.39 is 10.9 Å². The van der Waals surface area contributed by atoms with E-state index >= 15 is 0 Å². The van der Waals surface area contributed by atoms with Gasteiger partial charge in [0.05, 0.1) is 16.2 Å². The summed E-state index contributed by atoms with van der Waals surface area (Å²) in [5, 5.41) is 29.1. The summed E-state index contributed by atoms with van der Waals surface area (Å²) < 4.78 is 0. The van der Waals surface area contributed by atoms with Gasteiger partial charge in [0.2, 0.25) is 0 Å². The van der Waals surface area contributed by atoms with E-state index in [0.717, 1.165) is 25.5 Å². The van der Waals surface area contributed by atoms with Gasteiger partial charge in [-0.15, -0.1) is 0 Å². The second kappa shape index (κ2) is 6.53. The highest BCUT2D eigenvalue weighted by Crippen LogP contribution is 2.30. The number of carbonyl (C=O) groups is 1. The maximum atomic E-state index is 11.4. The Hall–Kier alpha value is -2.15. The number of piperidine rings is 1. The first kappa shape index (κ1) is 15.2. The third-order valence-electron chi connectivity index (χ3n) is 3.82. The zero-order valence-corrected chi connectivity index (χ0v) is 11.6. The number of nitrogens with zero attached hydrogens (tertiary/aromatic N) is 2. The fraction of sp³-hybridized carbons (Fsp3) is 0.500. The molecule has 0 saturated carbocycles. The Morgan fingerprint density at radius 1 is 1.48 bits per heavy atom. The lowest BCUT2D eigenvalue weighted by Crippen LogP contribution is -2.36.